The van der Waals surface area contributed by atoms with Crippen LogP contribution >= 0.6 is 0 Å². The van der Waals surface area contributed by atoms with Crippen LogP contribution in [0.15, 0.2) is 6.20 Å². The fraction of sp³-hybridized carbons (Fsp3) is 0.556. The molecule has 0 radical (unpaired) electrons. The third kappa shape index (κ3) is 4.75. The Bertz CT molecular complexity index is 551. The van der Waals surface area contributed by atoms with E-state index in [1.807, 2.05) is 0 Å². The first-order valence-electron chi connectivity index (χ1n) is 5.47. The van der Waals surface area contributed by atoms with Gasteiger partial charge in [-0.2, -0.15) is 13.5 Å². The van der Waals surface area contributed by atoms with Gasteiger partial charge in [0.25, 0.3) is 0 Å². The maximum Gasteiger partial charge on any atom is 0.422 e. The highest BCUT2D eigenvalue weighted by Gasteiger charge is 2.19. The number of nitrogens with one attached hydrogen (secondary N) is 2. The Morgan fingerprint density at radius 2 is 2.21 bits per heavy atom. The highest BCUT2D eigenvalue weighted by atomic mass is 32.2. The molecule has 1 aromatic rings. The second-order valence-corrected chi connectivity index (χ2v) is 5.46. The van der Waals surface area contributed by atoms with Gasteiger partial charge in [-0.25, -0.2) is 14.2 Å². The van der Waals surface area contributed by atoms with Crippen molar-refractivity contribution in [1.82, 2.24) is 14.5 Å². The number of hydrogen-bond acceptors (Lipinski definition) is 6. The number of amides is 1. The minimum atomic E-state index is -4.10. The van der Waals surface area contributed by atoms with Gasteiger partial charge >= 0.3 is 16.3 Å². The lowest BCUT2D eigenvalue weighted by atomic mass is 10.3. The first kappa shape index (κ1) is 15.2. The van der Waals surface area contributed by atoms with Gasteiger partial charge in [0.05, 0.1) is 6.10 Å². The van der Waals surface area contributed by atoms with Crippen molar-refractivity contribution in [2.75, 3.05) is 4.72 Å². The quantitative estimate of drug-likeness (QED) is 0.681. The van der Waals surface area contributed by atoms with Gasteiger partial charge in [0.15, 0.2) is 5.82 Å². The Hall–Kier alpha value is -1.81. The van der Waals surface area contributed by atoms with Crippen LogP contribution in [0.3, 0.4) is 0 Å². The van der Waals surface area contributed by atoms with Crippen LogP contribution in [0.4, 0.5) is 10.6 Å². The van der Waals surface area contributed by atoms with Gasteiger partial charge in [0, 0.05) is 25.4 Å². The molecule has 1 heterocycles. The van der Waals surface area contributed by atoms with E-state index in [-0.39, 0.29) is 12.4 Å². The summed E-state index contributed by atoms with van der Waals surface area (Å²) in [5.74, 6) is 0.0647. The molecular weight excluding hydrogens is 274 g/mol. The molecule has 19 heavy (non-hydrogen) atoms. The van der Waals surface area contributed by atoms with Crippen LogP contribution < -0.4 is 15.2 Å². The normalized spacial score (nSPS) is 11.4. The van der Waals surface area contributed by atoms with E-state index in [4.69, 9.17) is 5.73 Å². The zero-order chi connectivity index (χ0) is 14.6. The summed E-state index contributed by atoms with van der Waals surface area (Å²) in [5, 5.41) is 3.89. The zero-order valence-corrected chi connectivity index (χ0v) is 11.7. The van der Waals surface area contributed by atoms with Gasteiger partial charge in [-0.05, 0) is 13.8 Å². The van der Waals surface area contributed by atoms with Crippen LogP contribution in [0.1, 0.15) is 19.4 Å². The Labute approximate surface area is 111 Å². The number of anilines is 1. The molecule has 0 unspecified atom stereocenters. The van der Waals surface area contributed by atoms with Crippen molar-refractivity contribution in [3.63, 3.8) is 0 Å². The van der Waals surface area contributed by atoms with Crippen molar-refractivity contribution in [3.05, 3.63) is 11.8 Å². The molecule has 1 rings (SSSR count). The van der Waals surface area contributed by atoms with Crippen molar-refractivity contribution < 1.29 is 17.9 Å². The molecule has 1 amide bonds. The number of ether oxygens (including phenoxy) is 1. The Kier molecular flexibility index (Phi) is 4.72. The maximum atomic E-state index is 11.7. The molecule has 0 aliphatic heterocycles. The van der Waals surface area contributed by atoms with E-state index in [0.29, 0.717) is 5.56 Å². The van der Waals surface area contributed by atoms with Crippen LogP contribution in [-0.2, 0) is 28.5 Å². The van der Waals surface area contributed by atoms with Gasteiger partial charge in [0.1, 0.15) is 0 Å². The molecular formula is C9H17N5O4S. The summed E-state index contributed by atoms with van der Waals surface area (Å²) < 4.78 is 33.2. The van der Waals surface area contributed by atoms with Crippen molar-refractivity contribution in [2.45, 2.75) is 26.5 Å². The van der Waals surface area contributed by atoms with E-state index in [1.54, 1.807) is 31.8 Å². The van der Waals surface area contributed by atoms with Crippen LogP contribution in [0.2, 0.25) is 0 Å². The molecule has 1 aromatic heterocycles. The number of nitrogens with two attached hydrogens (primary N) is 1. The monoisotopic (exact) mass is 291 g/mol. The number of aromatic nitrogens is 2. The fourth-order valence-electron chi connectivity index (χ4n) is 1.27. The fourth-order valence-corrected chi connectivity index (χ4v) is 2.02. The standard InChI is InChI=1S/C9H17N5O4S/c1-6(2)18-9(15)13-19(16,17)12-8-7(4-10)5-14(3)11-8/h5-6H,4,10H2,1-3H3,(H,11,12)(H,13,15). The number of rotatable bonds is 5. The Morgan fingerprint density at radius 1 is 1.58 bits per heavy atom. The lowest BCUT2D eigenvalue weighted by molar-refractivity contribution is 0.121. The van der Waals surface area contributed by atoms with Gasteiger partial charge in [-0.15, -0.1) is 0 Å². The van der Waals surface area contributed by atoms with Crippen LogP contribution in [-0.4, -0.2) is 30.4 Å². The van der Waals surface area contributed by atoms with Crippen molar-refractivity contribution in [3.8, 4) is 0 Å². The number of hydrogen-bond donors (Lipinski definition) is 3. The van der Waals surface area contributed by atoms with Gasteiger partial charge in [-0.1, -0.05) is 0 Å². The molecule has 0 spiro atoms. The van der Waals surface area contributed by atoms with E-state index in [9.17, 15) is 13.2 Å². The predicted molar refractivity (Wildman–Crippen MR) is 68.4 cm³/mol. The lowest BCUT2D eigenvalue weighted by Gasteiger charge is -2.10. The predicted octanol–water partition coefficient (Wildman–Crippen LogP) is -0.330. The van der Waals surface area contributed by atoms with E-state index < -0.39 is 22.4 Å². The third-order valence-corrected chi connectivity index (χ3v) is 2.81. The largest absolute Gasteiger partial charge is 0.446 e. The van der Waals surface area contributed by atoms with Crippen LogP contribution in [0.25, 0.3) is 0 Å². The molecule has 0 atom stereocenters. The molecule has 108 valence electrons. The van der Waals surface area contributed by atoms with E-state index in [1.165, 1.54) is 4.68 Å². The molecule has 0 bridgehead atoms. The molecule has 0 aromatic carbocycles. The SMILES string of the molecule is CC(C)OC(=O)NS(=O)(=O)Nc1nn(C)cc1CN. The van der Waals surface area contributed by atoms with Crippen LogP contribution in [0, 0.1) is 0 Å². The summed E-state index contributed by atoms with van der Waals surface area (Å²) in [5.41, 5.74) is 5.95. The maximum absolute atomic E-state index is 11.7. The molecule has 0 aliphatic carbocycles. The smallest absolute Gasteiger partial charge is 0.422 e. The number of carbonyl (C=O) groups excluding carboxylic acids is 1. The topological polar surface area (TPSA) is 128 Å². The van der Waals surface area contributed by atoms with E-state index in [2.05, 4.69) is 14.6 Å². The van der Waals surface area contributed by atoms with E-state index in [0.717, 1.165) is 0 Å². The molecule has 4 N–H and O–H groups in total. The molecule has 0 saturated carbocycles. The average Bonchev–Trinajstić information content (AvgIpc) is 2.55. The number of aryl methyl sites for hydroxylation is 1. The van der Waals surface area contributed by atoms with Crippen molar-refractivity contribution in [2.24, 2.45) is 12.8 Å². The zero-order valence-electron chi connectivity index (χ0n) is 10.9. The highest BCUT2D eigenvalue weighted by molar-refractivity contribution is 7.91. The molecule has 9 nitrogen and oxygen atoms in total. The average molecular weight is 291 g/mol. The van der Waals surface area contributed by atoms with Gasteiger partial charge in [0.2, 0.25) is 0 Å². The van der Waals surface area contributed by atoms with E-state index >= 15 is 0 Å². The summed E-state index contributed by atoms with van der Waals surface area (Å²) in [6, 6.07) is 0. The second-order valence-electron chi connectivity index (χ2n) is 4.04. The summed E-state index contributed by atoms with van der Waals surface area (Å²) in [6.07, 6.45) is 0.0852. The minimum absolute atomic E-state index is 0.0647. The van der Waals surface area contributed by atoms with Crippen molar-refractivity contribution in [1.29, 1.82) is 0 Å². The van der Waals surface area contributed by atoms with Crippen molar-refractivity contribution >= 4 is 22.1 Å². The lowest BCUT2D eigenvalue weighted by Crippen LogP contribution is -2.37. The third-order valence-electron chi connectivity index (χ3n) is 1.92. The first-order chi connectivity index (χ1) is 8.73. The minimum Gasteiger partial charge on any atom is -0.446 e. The summed E-state index contributed by atoms with van der Waals surface area (Å²) >= 11 is 0. The Morgan fingerprint density at radius 3 is 2.74 bits per heavy atom. The van der Waals surface area contributed by atoms with Gasteiger partial charge < -0.3 is 10.5 Å². The molecule has 0 fully saturated rings. The van der Waals surface area contributed by atoms with Crippen LogP contribution in [0.5, 0.6) is 0 Å². The number of carbonyl (C=O) groups is 1. The summed E-state index contributed by atoms with van der Waals surface area (Å²) in [7, 11) is -2.48. The molecule has 10 heteroatoms. The summed E-state index contributed by atoms with van der Waals surface area (Å²) in [4.78, 5) is 11.2. The van der Waals surface area contributed by atoms with Gasteiger partial charge in [-0.3, -0.25) is 4.68 Å². The Balaban J connectivity index is 2.76. The highest BCUT2D eigenvalue weighted by Crippen LogP contribution is 2.12. The molecule has 0 saturated heterocycles. The number of nitrogens with zero attached hydrogens (tertiary/aromatic N) is 2. The first-order valence-corrected chi connectivity index (χ1v) is 6.95. The summed E-state index contributed by atoms with van der Waals surface area (Å²) in [6.45, 7) is 3.32. The second kappa shape index (κ2) is 5.89. The molecule has 0 aliphatic rings.